The van der Waals surface area contributed by atoms with Gasteiger partial charge in [0.1, 0.15) is 5.58 Å². The van der Waals surface area contributed by atoms with Crippen molar-refractivity contribution in [2.24, 2.45) is 0 Å². The van der Waals surface area contributed by atoms with Gasteiger partial charge in [-0.2, -0.15) is 0 Å². The van der Waals surface area contributed by atoms with Crippen molar-refractivity contribution in [1.82, 2.24) is 4.57 Å². The topological polar surface area (TPSA) is 21.3 Å². The van der Waals surface area contributed by atoms with Gasteiger partial charge in [-0.3, -0.25) is 0 Å². The number of furan rings is 1. The SMILES string of the molecule is CC(C)(C)c1ccc(-c2cc(N3c4cc(-c5c(-c6ccccc6)cccc5-c5ccccc5)cc5c4B(c4oc6ccc(C(C)(C)C)cc6c43)c3cc4c6ccccc6c6ccccc6c4c4c6cc(-c7ccccc7-c7ccccc7)ccc6n-5c34)ccc2C(C)(C)C)cc1. The average Bonchev–Trinajstić information content (AvgIpc) is 1.48. The van der Waals surface area contributed by atoms with Gasteiger partial charge in [0, 0.05) is 38.6 Å². The molecule has 0 aliphatic carbocycles. The van der Waals surface area contributed by atoms with E-state index in [0.29, 0.717) is 0 Å². The Hall–Kier alpha value is -10.9. The molecular weight excluding hydrogens is 1160 g/mol. The van der Waals surface area contributed by atoms with Gasteiger partial charge in [-0.05, 0) is 186 Å². The monoisotopic (exact) mass is 1230 g/mol. The Bertz CT molecular complexity index is 5810. The van der Waals surface area contributed by atoms with E-state index in [1.54, 1.807) is 0 Å². The Morgan fingerprint density at radius 3 is 1.48 bits per heavy atom. The summed E-state index contributed by atoms with van der Waals surface area (Å²) in [5.41, 5.74) is 28.8. The van der Waals surface area contributed by atoms with Crippen LogP contribution in [-0.2, 0) is 16.2 Å². The third kappa shape index (κ3) is 8.87. The summed E-state index contributed by atoms with van der Waals surface area (Å²) < 4.78 is 10.5. The lowest BCUT2D eigenvalue weighted by Gasteiger charge is -2.39. The normalized spacial score (nSPS) is 13.0. The van der Waals surface area contributed by atoms with E-state index in [9.17, 15) is 0 Å². The number of rotatable bonds is 7. The molecule has 0 spiro atoms. The van der Waals surface area contributed by atoms with E-state index in [-0.39, 0.29) is 23.0 Å². The Morgan fingerprint density at radius 1 is 0.333 bits per heavy atom. The smallest absolute Gasteiger partial charge is 0.297 e. The molecule has 0 N–H and O–H groups in total. The Balaban J connectivity index is 1.04. The van der Waals surface area contributed by atoms with Crippen molar-refractivity contribution < 1.29 is 4.42 Å². The lowest BCUT2D eigenvalue weighted by atomic mass is 9.35. The first-order valence-corrected chi connectivity index (χ1v) is 34.1. The highest BCUT2D eigenvalue weighted by Crippen LogP contribution is 2.53. The molecule has 0 saturated carbocycles. The van der Waals surface area contributed by atoms with Crippen LogP contribution in [0, 0.1) is 0 Å². The fourth-order valence-electron chi connectivity index (χ4n) is 16.4. The molecule has 0 unspecified atom stereocenters. The number of hydrogen-bond acceptors (Lipinski definition) is 2. The highest BCUT2D eigenvalue weighted by atomic mass is 16.3. The van der Waals surface area contributed by atoms with Crippen LogP contribution in [0.1, 0.15) is 79.0 Å². The Morgan fingerprint density at radius 2 is 0.854 bits per heavy atom. The van der Waals surface area contributed by atoms with Gasteiger partial charge < -0.3 is 13.9 Å². The highest BCUT2D eigenvalue weighted by Gasteiger charge is 2.47. The van der Waals surface area contributed by atoms with Gasteiger partial charge in [-0.1, -0.05) is 293 Å². The van der Waals surface area contributed by atoms with E-state index >= 15 is 0 Å². The van der Waals surface area contributed by atoms with Gasteiger partial charge in [0.05, 0.1) is 22.4 Å². The quantitative estimate of drug-likeness (QED) is 0.117. The summed E-state index contributed by atoms with van der Waals surface area (Å²) in [4.78, 5) is 2.62. The van der Waals surface area contributed by atoms with Gasteiger partial charge in [0.2, 0.25) is 0 Å². The van der Waals surface area contributed by atoms with Crippen LogP contribution in [0.4, 0.5) is 17.1 Å². The summed E-state index contributed by atoms with van der Waals surface area (Å²) in [6.45, 7) is 20.6. The number of fused-ring (bicyclic) bond motifs is 16. The van der Waals surface area contributed by atoms with Crippen molar-refractivity contribution in [2.75, 3.05) is 4.90 Å². The second-order valence-corrected chi connectivity index (χ2v) is 29.9. The molecule has 460 valence electrons. The first-order chi connectivity index (χ1) is 46.5. The zero-order valence-electron chi connectivity index (χ0n) is 55.9. The zero-order chi connectivity index (χ0) is 65.1. The maximum atomic E-state index is 7.84. The number of benzene rings is 14. The Kier molecular flexibility index (Phi) is 12.8. The summed E-state index contributed by atoms with van der Waals surface area (Å²) in [5.74, 6) is 0. The lowest BCUT2D eigenvalue weighted by molar-refractivity contribution is 0.589. The van der Waals surface area contributed by atoms with Crippen LogP contribution in [0.15, 0.2) is 283 Å². The molecule has 0 bridgehead atoms. The molecule has 0 atom stereocenters. The first kappa shape index (κ1) is 57.7. The molecule has 2 aliphatic rings. The second kappa shape index (κ2) is 21.3. The van der Waals surface area contributed by atoms with Crippen LogP contribution in [-0.4, -0.2) is 11.3 Å². The predicted molar refractivity (Wildman–Crippen MR) is 411 cm³/mol. The van der Waals surface area contributed by atoms with E-state index < -0.39 is 0 Å². The predicted octanol–water partition coefficient (Wildman–Crippen LogP) is 23.5. The molecule has 14 aromatic carbocycles. The van der Waals surface area contributed by atoms with E-state index in [2.05, 4.69) is 351 Å². The van der Waals surface area contributed by atoms with Gasteiger partial charge in [-0.25, -0.2) is 0 Å². The highest BCUT2D eigenvalue weighted by molar-refractivity contribution is 7.00. The third-order valence-corrected chi connectivity index (χ3v) is 21.0. The molecule has 2 aliphatic heterocycles. The molecule has 0 amide bonds. The molecule has 0 fully saturated rings. The molecule has 16 aromatic rings. The van der Waals surface area contributed by atoms with Crippen molar-refractivity contribution in [2.45, 2.75) is 78.6 Å². The molecule has 3 nitrogen and oxygen atoms in total. The minimum absolute atomic E-state index is 0.00430. The number of aromatic nitrogens is 1. The lowest BCUT2D eigenvalue weighted by Crippen LogP contribution is -2.60. The summed E-state index contributed by atoms with van der Waals surface area (Å²) in [6.07, 6.45) is 0. The molecule has 18 rings (SSSR count). The summed E-state index contributed by atoms with van der Waals surface area (Å²) in [5, 5.41) is 11.0. The molecule has 96 heavy (non-hydrogen) atoms. The largest absolute Gasteiger partial charge is 0.468 e. The minimum atomic E-state index is -0.329. The molecule has 4 heterocycles. The van der Waals surface area contributed by atoms with E-state index in [1.165, 1.54) is 126 Å². The van der Waals surface area contributed by atoms with Gasteiger partial charge >= 0.3 is 0 Å². The average molecular weight is 1230 g/mol. The van der Waals surface area contributed by atoms with Crippen LogP contribution < -0.4 is 21.5 Å². The summed E-state index contributed by atoms with van der Waals surface area (Å²) in [6, 6.07) is 106. The first-order valence-electron chi connectivity index (χ1n) is 34.1. The Labute approximate surface area is 562 Å². The zero-order valence-corrected chi connectivity index (χ0v) is 55.9. The van der Waals surface area contributed by atoms with Crippen LogP contribution in [0.2, 0.25) is 0 Å². The van der Waals surface area contributed by atoms with Crippen molar-refractivity contribution in [1.29, 1.82) is 0 Å². The van der Waals surface area contributed by atoms with Gasteiger partial charge in [-0.15, -0.1) is 0 Å². The molecule has 0 radical (unpaired) electrons. The maximum absolute atomic E-state index is 7.84. The van der Waals surface area contributed by atoms with Crippen molar-refractivity contribution in [3.8, 4) is 72.4 Å². The van der Waals surface area contributed by atoms with E-state index in [4.69, 9.17) is 4.42 Å². The van der Waals surface area contributed by atoms with Crippen LogP contribution in [0.25, 0.3) is 138 Å². The second-order valence-electron chi connectivity index (χ2n) is 29.9. The molecule has 4 heteroatoms. The van der Waals surface area contributed by atoms with Crippen molar-refractivity contribution >= 4 is 105 Å². The number of nitrogens with zero attached hydrogens (tertiary/aromatic N) is 2. The standard InChI is InChI=1S/C92H73BN2O/c1-90(2,3)62-43-40-59(41-44-62)73-54-64(46-47-77(73)92(7,8)9)94-80-51-61(83-67(57-28-15-11-16-29-57)38-25-39-68(83)58-30-17-12-18-31-58)52-81-86(80)93(89-87(94)76-53-63(91(4,5)6)45-49-82(76)96-89)78-55-74-71-36-22-21-34-69(71)70-35-23-24-37-72(70)84(74)85-75-50-60(42-48-79(75)95(81)88(78)85)66-33-20-19-32-65(66)56-26-13-10-14-27-56/h10-55H,1-9H3. The molecular formula is C92H73BN2O. The van der Waals surface area contributed by atoms with E-state index in [0.717, 1.165) is 61.6 Å². The molecule has 2 aromatic heterocycles. The van der Waals surface area contributed by atoms with E-state index in [1.807, 2.05) is 0 Å². The minimum Gasteiger partial charge on any atom is -0.468 e. The van der Waals surface area contributed by atoms with Crippen LogP contribution >= 0.6 is 0 Å². The third-order valence-electron chi connectivity index (χ3n) is 21.0. The fraction of sp³-hybridized carbons (Fsp3) is 0.130. The van der Waals surface area contributed by atoms with Gasteiger partial charge in [0.25, 0.3) is 6.71 Å². The number of anilines is 3. The van der Waals surface area contributed by atoms with Gasteiger partial charge in [0.15, 0.2) is 0 Å². The van der Waals surface area contributed by atoms with Crippen LogP contribution in [0.3, 0.4) is 0 Å². The number of hydrogen-bond donors (Lipinski definition) is 0. The fourth-order valence-corrected chi connectivity index (χ4v) is 16.4. The van der Waals surface area contributed by atoms with Crippen LogP contribution in [0.5, 0.6) is 0 Å². The van der Waals surface area contributed by atoms with Crippen molar-refractivity contribution in [3.05, 3.63) is 296 Å². The summed E-state index contributed by atoms with van der Waals surface area (Å²) in [7, 11) is 0. The maximum Gasteiger partial charge on any atom is 0.297 e. The molecule has 0 saturated heterocycles. The summed E-state index contributed by atoms with van der Waals surface area (Å²) >= 11 is 0. The van der Waals surface area contributed by atoms with Crippen molar-refractivity contribution in [3.63, 3.8) is 0 Å².